The Bertz CT molecular complexity index is 662. The molecule has 0 fully saturated rings. The van der Waals surface area contributed by atoms with Crippen LogP contribution in [0.3, 0.4) is 0 Å². The zero-order valence-electron chi connectivity index (χ0n) is 11.0. The molecule has 2 rings (SSSR count). The Labute approximate surface area is 128 Å². The molecule has 8 heteroatoms. The highest BCUT2D eigenvalue weighted by atomic mass is 79.9. The molecule has 20 heavy (non-hydrogen) atoms. The average molecular weight is 357 g/mol. The van der Waals surface area contributed by atoms with Gasteiger partial charge >= 0.3 is 0 Å². The van der Waals surface area contributed by atoms with Crippen LogP contribution in [0.2, 0.25) is 0 Å². The van der Waals surface area contributed by atoms with E-state index in [4.69, 9.17) is 4.74 Å². The number of halogens is 1. The molecule has 0 aliphatic carbocycles. The number of aromatic amines is 1. The lowest BCUT2D eigenvalue weighted by atomic mass is 10.2. The highest BCUT2D eigenvalue weighted by Crippen LogP contribution is 2.26. The summed E-state index contributed by atoms with van der Waals surface area (Å²) in [5.74, 6) is 0.439. The quantitative estimate of drug-likeness (QED) is 0.828. The molecular formula is C12H13BrN4O2S. The second-order valence-corrected chi connectivity index (χ2v) is 5.71. The second-order valence-electron chi connectivity index (χ2n) is 3.90. The number of ether oxygens (including phenoxy) is 1. The van der Waals surface area contributed by atoms with Crippen molar-refractivity contribution in [2.75, 3.05) is 7.11 Å². The number of nitrogens with one attached hydrogen (secondary N) is 1. The maximum atomic E-state index is 11.6. The Balaban J connectivity index is 2.27. The molecule has 0 amide bonds. The van der Waals surface area contributed by atoms with Crippen LogP contribution in [0.15, 0.2) is 31.8 Å². The van der Waals surface area contributed by atoms with Crippen molar-refractivity contribution in [3.05, 3.63) is 32.8 Å². The number of nitrogens with zero attached hydrogens (tertiary/aromatic N) is 3. The standard InChI is InChI=1S/C12H13BrN4O2S/c1-3-4-7-5-9(18)16-12(15-7)20-11-14-6-8(13)10(17-11)19-2/h5-6H,3-4H2,1-2H3,(H,15,16,18). The summed E-state index contributed by atoms with van der Waals surface area (Å²) >= 11 is 4.48. The van der Waals surface area contributed by atoms with Crippen molar-refractivity contribution in [1.82, 2.24) is 19.9 Å². The first kappa shape index (κ1) is 15.0. The van der Waals surface area contributed by atoms with Crippen molar-refractivity contribution >= 4 is 27.7 Å². The summed E-state index contributed by atoms with van der Waals surface area (Å²) in [6, 6.07) is 1.51. The van der Waals surface area contributed by atoms with Crippen LogP contribution >= 0.6 is 27.7 Å². The fourth-order valence-corrected chi connectivity index (χ4v) is 2.61. The van der Waals surface area contributed by atoms with Gasteiger partial charge in [0.15, 0.2) is 10.3 Å². The van der Waals surface area contributed by atoms with Crippen molar-refractivity contribution in [3.8, 4) is 5.88 Å². The number of hydrogen-bond acceptors (Lipinski definition) is 6. The predicted molar refractivity (Wildman–Crippen MR) is 79.3 cm³/mol. The van der Waals surface area contributed by atoms with Gasteiger partial charge in [-0.3, -0.25) is 4.79 Å². The molecule has 0 aromatic carbocycles. The lowest BCUT2D eigenvalue weighted by Crippen LogP contribution is -2.10. The highest BCUT2D eigenvalue weighted by Gasteiger charge is 2.09. The minimum absolute atomic E-state index is 0.171. The summed E-state index contributed by atoms with van der Waals surface area (Å²) in [6.07, 6.45) is 3.30. The van der Waals surface area contributed by atoms with Crippen LogP contribution in [0.4, 0.5) is 0 Å². The van der Waals surface area contributed by atoms with Crippen LogP contribution in [0.5, 0.6) is 5.88 Å². The molecule has 2 aromatic heterocycles. The van der Waals surface area contributed by atoms with Crippen LogP contribution in [0, 0.1) is 0 Å². The van der Waals surface area contributed by atoms with Gasteiger partial charge in [0, 0.05) is 18.0 Å². The SMILES string of the molecule is CCCc1cc(=O)[nH]c(Sc2ncc(Br)c(OC)n2)n1. The number of rotatable bonds is 5. The molecule has 0 saturated carbocycles. The molecular weight excluding hydrogens is 344 g/mol. The molecule has 2 heterocycles. The van der Waals surface area contributed by atoms with E-state index in [2.05, 4.69) is 35.9 Å². The van der Waals surface area contributed by atoms with Gasteiger partial charge in [-0.15, -0.1) is 0 Å². The van der Waals surface area contributed by atoms with E-state index in [9.17, 15) is 4.79 Å². The van der Waals surface area contributed by atoms with Gasteiger partial charge in [-0.1, -0.05) is 13.3 Å². The summed E-state index contributed by atoms with van der Waals surface area (Å²) < 4.78 is 5.78. The molecule has 0 saturated heterocycles. The van der Waals surface area contributed by atoms with Gasteiger partial charge in [-0.05, 0) is 34.1 Å². The fraction of sp³-hybridized carbons (Fsp3) is 0.333. The topological polar surface area (TPSA) is 80.8 Å². The van der Waals surface area contributed by atoms with Gasteiger partial charge in [0.1, 0.15) is 0 Å². The first-order chi connectivity index (χ1) is 9.62. The Hall–Kier alpha value is -1.41. The molecule has 106 valence electrons. The van der Waals surface area contributed by atoms with Crippen LogP contribution in [-0.2, 0) is 6.42 Å². The van der Waals surface area contributed by atoms with E-state index in [1.807, 2.05) is 6.92 Å². The van der Waals surface area contributed by atoms with Crippen LogP contribution in [0.25, 0.3) is 0 Å². The number of H-pyrrole nitrogens is 1. The van der Waals surface area contributed by atoms with Gasteiger partial charge in [0.2, 0.25) is 5.88 Å². The molecule has 0 atom stereocenters. The molecule has 1 N–H and O–H groups in total. The maximum absolute atomic E-state index is 11.6. The van der Waals surface area contributed by atoms with E-state index in [1.165, 1.54) is 24.9 Å². The van der Waals surface area contributed by atoms with Gasteiger partial charge in [0.05, 0.1) is 11.6 Å². The third kappa shape index (κ3) is 3.80. The zero-order chi connectivity index (χ0) is 14.5. The molecule has 0 aliphatic heterocycles. The van der Waals surface area contributed by atoms with E-state index in [-0.39, 0.29) is 5.56 Å². The van der Waals surface area contributed by atoms with E-state index >= 15 is 0 Å². The van der Waals surface area contributed by atoms with Gasteiger partial charge in [-0.2, -0.15) is 4.98 Å². The maximum Gasteiger partial charge on any atom is 0.251 e. The van der Waals surface area contributed by atoms with E-state index in [1.54, 1.807) is 6.20 Å². The van der Waals surface area contributed by atoms with Gasteiger partial charge in [-0.25, -0.2) is 9.97 Å². The average Bonchev–Trinajstić information content (AvgIpc) is 2.40. The largest absolute Gasteiger partial charge is 0.480 e. The number of methoxy groups -OCH3 is 1. The molecule has 0 unspecified atom stereocenters. The van der Waals surface area contributed by atoms with Crippen molar-refractivity contribution in [3.63, 3.8) is 0 Å². The zero-order valence-corrected chi connectivity index (χ0v) is 13.4. The van der Waals surface area contributed by atoms with Crippen molar-refractivity contribution in [1.29, 1.82) is 0 Å². The Morgan fingerprint density at radius 3 is 2.95 bits per heavy atom. The Morgan fingerprint density at radius 2 is 2.25 bits per heavy atom. The number of hydrogen-bond donors (Lipinski definition) is 1. The van der Waals surface area contributed by atoms with Crippen LogP contribution < -0.4 is 10.3 Å². The predicted octanol–water partition coefficient (Wildman–Crippen LogP) is 2.43. The minimum Gasteiger partial charge on any atom is -0.480 e. The highest BCUT2D eigenvalue weighted by molar-refractivity contribution is 9.10. The van der Waals surface area contributed by atoms with Gasteiger partial charge < -0.3 is 9.72 Å². The molecule has 0 bridgehead atoms. The lowest BCUT2D eigenvalue weighted by molar-refractivity contribution is 0.389. The lowest BCUT2D eigenvalue weighted by Gasteiger charge is -2.05. The third-order valence-electron chi connectivity index (χ3n) is 2.35. The Morgan fingerprint density at radius 1 is 1.45 bits per heavy atom. The summed E-state index contributed by atoms with van der Waals surface area (Å²) in [6.45, 7) is 2.04. The van der Waals surface area contributed by atoms with E-state index < -0.39 is 0 Å². The minimum atomic E-state index is -0.171. The third-order valence-corrected chi connectivity index (χ3v) is 3.66. The Kier molecular flexibility index (Phi) is 5.13. The molecule has 0 radical (unpaired) electrons. The van der Waals surface area contributed by atoms with Gasteiger partial charge in [0.25, 0.3) is 5.56 Å². The molecule has 0 spiro atoms. The van der Waals surface area contributed by atoms with Crippen LogP contribution in [0.1, 0.15) is 19.0 Å². The normalized spacial score (nSPS) is 10.6. The van der Waals surface area contributed by atoms with Crippen molar-refractivity contribution < 1.29 is 4.74 Å². The molecule has 0 aliphatic rings. The molecule has 2 aromatic rings. The second kappa shape index (κ2) is 6.85. The first-order valence-electron chi connectivity index (χ1n) is 5.97. The summed E-state index contributed by atoms with van der Waals surface area (Å²) in [5.41, 5.74) is 0.595. The summed E-state index contributed by atoms with van der Waals surface area (Å²) in [7, 11) is 1.53. The fourth-order valence-electron chi connectivity index (χ4n) is 1.53. The van der Waals surface area contributed by atoms with Crippen molar-refractivity contribution in [2.45, 2.75) is 30.1 Å². The van der Waals surface area contributed by atoms with Crippen LogP contribution in [-0.4, -0.2) is 27.0 Å². The van der Waals surface area contributed by atoms with Crippen molar-refractivity contribution in [2.24, 2.45) is 0 Å². The van der Waals surface area contributed by atoms with E-state index in [0.29, 0.717) is 20.7 Å². The number of aryl methyl sites for hydroxylation is 1. The summed E-state index contributed by atoms with van der Waals surface area (Å²) in [4.78, 5) is 27.0. The smallest absolute Gasteiger partial charge is 0.251 e. The molecule has 6 nitrogen and oxygen atoms in total. The van der Waals surface area contributed by atoms with E-state index in [0.717, 1.165) is 18.5 Å². The monoisotopic (exact) mass is 356 g/mol. The number of aromatic nitrogens is 4. The first-order valence-corrected chi connectivity index (χ1v) is 7.58. The summed E-state index contributed by atoms with van der Waals surface area (Å²) in [5, 5.41) is 0.937.